The molecule has 0 unspecified atom stereocenters. The quantitative estimate of drug-likeness (QED) is 0.785. The van der Waals surface area contributed by atoms with Crippen LogP contribution < -0.4 is 9.47 Å². The van der Waals surface area contributed by atoms with Crippen molar-refractivity contribution in [3.63, 3.8) is 0 Å². The van der Waals surface area contributed by atoms with Crippen LogP contribution in [0.3, 0.4) is 0 Å². The maximum absolute atomic E-state index is 13.0. The van der Waals surface area contributed by atoms with E-state index >= 15 is 0 Å². The molecule has 2 aromatic carbocycles. The number of rotatable bonds is 4. The summed E-state index contributed by atoms with van der Waals surface area (Å²) in [6.45, 7) is 1.93. The fourth-order valence-corrected chi connectivity index (χ4v) is 1.68. The summed E-state index contributed by atoms with van der Waals surface area (Å²) in [5.41, 5.74) is 1.18. The normalized spacial score (nSPS) is 10.1. The summed E-state index contributed by atoms with van der Waals surface area (Å²) in [7, 11) is 1.53. The molecule has 0 N–H and O–H groups in total. The van der Waals surface area contributed by atoms with E-state index in [4.69, 9.17) is 9.47 Å². The zero-order valence-corrected chi connectivity index (χ0v) is 10.6. The number of ether oxygens (including phenoxy) is 2. The molecule has 98 valence electrons. The molecule has 0 bridgehead atoms. The lowest BCUT2D eigenvalue weighted by Crippen LogP contribution is -1.94. The molecule has 0 aromatic heterocycles. The summed E-state index contributed by atoms with van der Waals surface area (Å²) < 4.78 is 23.8. The number of carbonyl (C=O) groups excluding carboxylic acids is 1. The van der Waals surface area contributed by atoms with E-state index in [0.29, 0.717) is 23.5 Å². The van der Waals surface area contributed by atoms with Crippen LogP contribution in [0.5, 0.6) is 17.2 Å². The second-order valence-corrected chi connectivity index (χ2v) is 4.06. The fraction of sp³-hybridized carbons (Fsp3) is 0.133. The van der Waals surface area contributed by atoms with Crippen molar-refractivity contribution in [2.24, 2.45) is 0 Å². The molecule has 0 saturated heterocycles. The average molecular weight is 260 g/mol. The predicted molar refractivity (Wildman–Crippen MR) is 69.6 cm³/mol. The second kappa shape index (κ2) is 5.52. The van der Waals surface area contributed by atoms with Gasteiger partial charge in [-0.2, -0.15) is 0 Å². The second-order valence-electron chi connectivity index (χ2n) is 4.06. The fourth-order valence-electron chi connectivity index (χ4n) is 1.68. The molecule has 0 heterocycles. The van der Waals surface area contributed by atoms with Gasteiger partial charge < -0.3 is 9.47 Å². The molecule has 0 amide bonds. The third-order valence-electron chi connectivity index (χ3n) is 2.64. The minimum Gasteiger partial charge on any atom is -0.493 e. The highest BCUT2D eigenvalue weighted by atomic mass is 19.1. The average Bonchev–Trinajstić information content (AvgIpc) is 2.42. The molecule has 19 heavy (non-hydrogen) atoms. The molecule has 0 fully saturated rings. The lowest BCUT2D eigenvalue weighted by atomic mass is 10.2. The van der Waals surface area contributed by atoms with Crippen molar-refractivity contribution in [1.82, 2.24) is 0 Å². The van der Waals surface area contributed by atoms with Crippen molar-refractivity contribution in [2.75, 3.05) is 7.11 Å². The Hall–Kier alpha value is -2.36. The van der Waals surface area contributed by atoms with Crippen LogP contribution in [0.15, 0.2) is 36.4 Å². The van der Waals surface area contributed by atoms with Gasteiger partial charge in [0.15, 0.2) is 17.8 Å². The Labute approximate surface area is 110 Å². The number of hydrogen-bond acceptors (Lipinski definition) is 3. The SMILES string of the molecule is COc1cc(C)ccc1Oc1ccc(F)cc1C=O. The standard InChI is InChI=1S/C15H13FO3/c1-10-3-5-14(15(7-10)18-2)19-13-6-4-12(16)8-11(13)9-17/h3-9H,1-2H3. The van der Waals surface area contributed by atoms with Crippen LogP contribution in [-0.2, 0) is 0 Å². The largest absolute Gasteiger partial charge is 0.493 e. The molecule has 0 aliphatic rings. The Balaban J connectivity index is 2.38. The smallest absolute Gasteiger partial charge is 0.169 e. The summed E-state index contributed by atoms with van der Waals surface area (Å²) in [5, 5.41) is 0. The van der Waals surface area contributed by atoms with E-state index in [0.717, 1.165) is 11.6 Å². The first-order valence-electron chi connectivity index (χ1n) is 5.71. The van der Waals surface area contributed by atoms with Crippen LogP contribution in [0.1, 0.15) is 15.9 Å². The highest BCUT2D eigenvalue weighted by molar-refractivity contribution is 5.79. The first kappa shape index (κ1) is 13.1. The highest BCUT2D eigenvalue weighted by Gasteiger charge is 2.10. The number of aryl methyl sites for hydroxylation is 1. The Morgan fingerprint density at radius 3 is 2.47 bits per heavy atom. The van der Waals surface area contributed by atoms with Crippen LogP contribution in [0.25, 0.3) is 0 Å². The van der Waals surface area contributed by atoms with E-state index in [2.05, 4.69) is 0 Å². The summed E-state index contributed by atoms with van der Waals surface area (Å²) in [6.07, 6.45) is 0.555. The number of hydrogen-bond donors (Lipinski definition) is 0. The zero-order valence-electron chi connectivity index (χ0n) is 10.6. The van der Waals surface area contributed by atoms with Gasteiger partial charge in [-0.15, -0.1) is 0 Å². The lowest BCUT2D eigenvalue weighted by molar-refractivity contribution is 0.112. The lowest BCUT2D eigenvalue weighted by Gasteiger charge is -2.12. The van der Waals surface area contributed by atoms with Crippen molar-refractivity contribution in [1.29, 1.82) is 0 Å². The van der Waals surface area contributed by atoms with Gasteiger partial charge in [0.2, 0.25) is 0 Å². The maximum atomic E-state index is 13.0. The van der Waals surface area contributed by atoms with Crippen LogP contribution in [0, 0.1) is 12.7 Å². The van der Waals surface area contributed by atoms with Crippen molar-refractivity contribution in [2.45, 2.75) is 6.92 Å². The van der Waals surface area contributed by atoms with E-state index in [1.54, 1.807) is 6.07 Å². The molecule has 4 heteroatoms. The molecule has 0 saturated carbocycles. The molecular weight excluding hydrogens is 247 g/mol. The minimum absolute atomic E-state index is 0.155. The highest BCUT2D eigenvalue weighted by Crippen LogP contribution is 2.33. The van der Waals surface area contributed by atoms with Crippen molar-refractivity contribution < 1.29 is 18.7 Å². The molecule has 2 aromatic rings. The van der Waals surface area contributed by atoms with E-state index in [1.165, 1.54) is 19.2 Å². The van der Waals surface area contributed by atoms with Gasteiger partial charge in [0, 0.05) is 0 Å². The van der Waals surface area contributed by atoms with Crippen LogP contribution >= 0.6 is 0 Å². The van der Waals surface area contributed by atoms with E-state index in [9.17, 15) is 9.18 Å². The topological polar surface area (TPSA) is 35.5 Å². The molecule has 0 aliphatic carbocycles. The van der Waals surface area contributed by atoms with E-state index < -0.39 is 5.82 Å². The third kappa shape index (κ3) is 2.91. The van der Waals surface area contributed by atoms with Crippen molar-refractivity contribution in [3.05, 3.63) is 53.3 Å². The molecule has 0 atom stereocenters. The monoisotopic (exact) mass is 260 g/mol. The first-order valence-corrected chi connectivity index (χ1v) is 5.71. The van der Waals surface area contributed by atoms with Crippen LogP contribution in [-0.4, -0.2) is 13.4 Å². The van der Waals surface area contributed by atoms with Gasteiger partial charge in [-0.1, -0.05) is 6.07 Å². The molecule has 3 nitrogen and oxygen atoms in total. The van der Waals surface area contributed by atoms with Crippen LogP contribution in [0.2, 0.25) is 0 Å². The van der Waals surface area contributed by atoms with Gasteiger partial charge in [0.1, 0.15) is 11.6 Å². The van der Waals surface area contributed by atoms with Gasteiger partial charge in [-0.05, 0) is 42.8 Å². The molecular formula is C15H13FO3. The third-order valence-corrected chi connectivity index (χ3v) is 2.64. The van der Waals surface area contributed by atoms with Gasteiger partial charge in [0.25, 0.3) is 0 Å². The summed E-state index contributed by atoms with van der Waals surface area (Å²) >= 11 is 0. The number of aldehydes is 1. The van der Waals surface area contributed by atoms with E-state index in [-0.39, 0.29) is 5.56 Å². The number of benzene rings is 2. The van der Waals surface area contributed by atoms with E-state index in [1.807, 2.05) is 19.1 Å². The van der Waals surface area contributed by atoms with Crippen LogP contribution in [0.4, 0.5) is 4.39 Å². The van der Waals surface area contributed by atoms with Gasteiger partial charge in [0.05, 0.1) is 12.7 Å². The first-order chi connectivity index (χ1) is 9.13. The number of halogens is 1. The molecule has 0 spiro atoms. The van der Waals surface area contributed by atoms with Crippen molar-refractivity contribution >= 4 is 6.29 Å². The Kier molecular flexibility index (Phi) is 3.80. The zero-order chi connectivity index (χ0) is 13.8. The van der Waals surface area contributed by atoms with Gasteiger partial charge in [-0.25, -0.2) is 4.39 Å². The Morgan fingerprint density at radius 1 is 1.05 bits per heavy atom. The maximum Gasteiger partial charge on any atom is 0.169 e. The number of methoxy groups -OCH3 is 1. The molecule has 2 rings (SSSR count). The summed E-state index contributed by atoms with van der Waals surface area (Å²) in [6, 6.07) is 9.21. The Morgan fingerprint density at radius 2 is 1.79 bits per heavy atom. The molecule has 0 radical (unpaired) electrons. The minimum atomic E-state index is -0.481. The Bertz CT molecular complexity index is 608. The van der Waals surface area contributed by atoms with Gasteiger partial charge >= 0.3 is 0 Å². The number of carbonyl (C=O) groups is 1. The van der Waals surface area contributed by atoms with Crippen molar-refractivity contribution in [3.8, 4) is 17.2 Å². The predicted octanol–water partition coefficient (Wildman–Crippen LogP) is 3.75. The van der Waals surface area contributed by atoms with Gasteiger partial charge in [-0.3, -0.25) is 4.79 Å². The summed E-state index contributed by atoms with van der Waals surface area (Å²) in [4.78, 5) is 10.9. The summed E-state index contributed by atoms with van der Waals surface area (Å²) in [5.74, 6) is 0.841. The molecule has 0 aliphatic heterocycles.